The lowest BCUT2D eigenvalue weighted by Crippen LogP contribution is -2.29. The van der Waals surface area contributed by atoms with Crippen molar-refractivity contribution in [3.63, 3.8) is 0 Å². The first-order chi connectivity index (χ1) is 9.32. The summed E-state index contributed by atoms with van der Waals surface area (Å²) in [5.74, 6) is -0.256. The predicted octanol–water partition coefficient (Wildman–Crippen LogP) is 1.85. The Morgan fingerprint density at radius 2 is 2.05 bits per heavy atom. The highest BCUT2D eigenvalue weighted by Gasteiger charge is 2.19. The molecule has 0 unspecified atom stereocenters. The Kier molecular flexibility index (Phi) is 5.61. The maximum Gasteiger partial charge on any atom is 0.303 e. The summed E-state index contributed by atoms with van der Waals surface area (Å²) in [4.78, 5) is 32.8. The summed E-state index contributed by atoms with van der Waals surface area (Å²) in [5.41, 5.74) is 1.22. The molecule has 0 radical (unpaired) electrons. The van der Waals surface area contributed by atoms with Gasteiger partial charge in [0.1, 0.15) is 5.82 Å². The summed E-state index contributed by atoms with van der Waals surface area (Å²) in [7, 11) is 1.66. The third kappa shape index (κ3) is 4.29. The van der Waals surface area contributed by atoms with Gasteiger partial charge in [-0.05, 0) is 19.3 Å². The normalized spacial score (nSPS) is 10.7. The molecular weight excluding hydrogens is 258 g/mol. The minimum atomic E-state index is -0.854. The number of aliphatic carboxylic acids is 1. The molecule has 0 fully saturated rings. The highest BCUT2D eigenvalue weighted by Crippen LogP contribution is 2.18. The molecule has 20 heavy (non-hydrogen) atoms. The molecule has 0 aromatic carbocycles. The van der Waals surface area contributed by atoms with Gasteiger partial charge in [0.25, 0.3) is 5.91 Å². The fraction of sp³-hybridized carbons (Fsp3) is 0.571. The van der Waals surface area contributed by atoms with Gasteiger partial charge in [0.05, 0.1) is 11.3 Å². The number of carbonyl (C=O) groups excluding carboxylic acids is 1. The molecule has 0 bridgehead atoms. The third-order valence-corrected chi connectivity index (χ3v) is 2.95. The summed E-state index contributed by atoms with van der Waals surface area (Å²) in [6, 6.07) is 0. The Balaban J connectivity index is 2.83. The fourth-order valence-electron chi connectivity index (χ4n) is 1.87. The van der Waals surface area contributed by atoms with E-state index in [1.54, 1.807) is 20.2 Å². The molecule has 0 spiro atoms. The van der Waals surface area contributed by atoms with Gasteiger partial charge in [-0.25, -0.2) is 9.97 Å². The second-order valence-corrected chi connectivity index (χ2v) is 5.09. The van der Waals surface area contributed by atoms with Crippen LogP contribution in [0.1, 0.15) is 54.5 Å². The highest BCUT2D eigenvalue weighted by atomic mass is 16.4. The average molecular weight is 279 g/mol. The number of hydrogen-bond donors (Lipinski definition) is 1. The molecule has 0 atom stereocenters. The minimum absolute atomic E-state index is 0.0546. The standard InChI is InChI=1S/C14H21N3O3/c1-9(2)13-11(8-15-10(3)16-13)14(20)17(4)7-5-6-12(18)19/h8-9H,5-7H2,1-4H3,(H,18,19). The topological polar surface area (TPSA) is 83.4 Å². The fourth-order valence-corrected chi connectivity index (χ4v) is 1.87. The molecule has 1 heterocycles. The van der Waals surface area contributed by atoms with Crippen molar-refractivity contribution < 1.29 is 14.7 Å². The van der Waals surface area contributed by atoms with E-state index < -0.39 is 5.97 Å². The zero-order valence-electron chi connectivity index (χ0n) is 12.4. The smallest absolute Gasteiger partial charge is 0.303 e. The van der Waals surface area contributed by atoms with Crippen LogP contribution in [0, 0.1) is 6.92 Å². The van der Waals surface area contributed by atoms with Crippen molar-refractivity contribution >= 4 is 11.9 Å². The molecule has 1 amide bonds. The number of carbonyl (C=O) groups is 2. The quantitative estimate of drug-likeness (QED) is 0.859. The minimum Gasteiger partial charge on any atom is -0.481 e. The number of nitrogens with zero attached hydrogens (tertiary/aromatic N) is 3. The van der Waals surface area contributed by atoms with Crippen LogP contribution in [-0.2, 0) is 4.79 Å². The number of amides is 1. The summed E-state index contributed by atoms with van der Waals surface area (Å²) in [6.45, 7) is 6.14. The van der Waals surface area contributed by atoms with E-state index in [9.17, 15) is 9.59 Å². The van der Waals surface area contributed by atoms with E-state index in [1.807, 2.05) is 13.8 Å². The van der Waals surface area contributed by atoms with E-state index in [1.165, 1.54) is 4.90 Å². The lowest BCUT2D eigenvalue weighted by molar-refractivity contribution is -0.137. The van der Waals surface area contributed by atoms with Gasteiger partial charge < -0.3 is 10.0 Å². The van der Waals surface area contributed by atoms with Gasteiger partial charge in [0.15, 0.2) is 0 Å². The largest absolute Gasteiger partial charge is 0.481 e. The lowest BCUT2D eigenvalue weighted by Gasteiger charge is -2.19. The van der Waals surface area contributed by atoms with Crippen molar-refractivity contribution in [1.82, 2.24) is 14.9 Å². The molecule has 0 saturated carbocycles. The molecule has 1 aromatic rings. The van der Waals surface area contributed by atoms with Crippen molar-refractivity contribution in [2.75, 3.05) is 13.6 Å². The number of carboxylic acid groups (broad SMARTS) is 1. The Bertz CT molecular complexity index is 500. The third-order valence-electron chi connectivity index (χ3n) is 2.95. The second kappa shape index (κ2) is 6.98. The van der Waals surface area contributed by atoms with Gasteiger partial charge >= 0.3 is 5.97 Å². The Labute approximate surface area is 118 Å². The summed E-state index contributed by atoms with van der Waals surface area (Å²) < 4.78 is 0. The molecule has 0 aliphatic rings. The number of hydrogen-bond acceptors (Lipinski definition) is 4. The summed E-state index contributed by atoms with van der Waals surface area (Å²) in [5, 5.41) is 8.61. The monoisotopic (exact) mass is 279 g/mol. The number of aryl methyl sites for hydroxylation is 1. The van der Waals surface area contributed by atoms with Gasteiger partial charge in [0.2, 0.25) is 0 Å². The van der Waals surface area contributed by atoms with Gasteiger partial charge in [-0.3, -0.25) is 9.59 Å². The van der Waals surface area contributed by atoms with Crippen LogP contribution >= 0.6 is 0 Å². The van der Waals surface area contributed by atoms with Crippen LogP contribution in [0.25, 0.3) is 0 Å². The summed E-state index contributed by atoms with van der Waals surface area (Å²) in [6.07, 6.45) is 2.04. The van der Waals surface area contributed by atoms with E-state index in [0.29, 0.717) is 24.4 Å². The molecule has 6 nitrogen and oxygen atoms in total. The van der Waals surface area contributed by atoms with Crippen LogP contribution in [0.15, 0.2) is 6.20 Å². The number of aromatic nitrogens is 2. The first kappa shape index (κ1) is 16.1. The van der Waals surface area contributed by atoms with Crippen molar-refractivity contribution in [1.29, 1.82) is 0 Å². The maximum absolute atomic E-state index is 12.4. The molecular formula is C14H21N3O3. The van der Waals surface area contributed by atoms with Gasteiger partial charge in [0, 0.05) is 26.2 Å². The highest BCUT2D eigenvalue weighted by molar-refractivity contribution is 5.95. The first-order valence-electron chi connectivity index (χ1n) is 6.63. The van der Waals surface area contributed by atoms with E-state index in [-0.39, 0.29) is 18.2 Å². The SMILES string of the molecule is Cc1ncc(C(=O)N(C)CCCC(=O)O)c(C(C)C)n1. The van der Waals surface area contributed by atoms with Crippen molar-refractivity contribution in [2.24, 2.45) is 0 Å². The Hall–Kier alpha value is -1.98. The van der Waals surface area contributed by atoms with Crippen molar-refractivity contribution in [3.05, 3.63) is 23.3 Å². The van der Waals surface area contributed by atoms with E-state index in [2.05, 4.69) is 9.97 Å². The van der Waals surface area contributed by atoms with E-state index in [0.717, 1.165) is 5.69 Å². The van der Waals surface area contributed by atoms with Crippen LogP contribution in [-0.4, -0.2) is 45.4 Å². The molecule has 0 saturated heterocycles. The zero-order valence-corrected chi connectivity index (χ0v) is 12.4. The molecule has 0 aliphatic heterocycles. The Morgan fingerprint density at radius 1 is 1.40 bits per heavy atom. The molecule has 1 aromatic heterocycles. The molecule has 110 valence electrons. The van der Waals surface area contributed by atoms with E-state index in [4.69, 9.17) is 5.11 Å². The van der Waals surface area contributed by atoms with Crippen molar-refractivity contribution in [2.45, 2.75) is 39.5 Å². The molecule has 1 N–H and O–H groups in total. The second-order valence-electron chi connectivity index (χ2n) is 5.09. The Morgan fingerprint density at radius 3 is 2.60 bits per heavy atom. The molecule has 0 aliphatic carbocycles. The number of rotatable bonds is 6. The number of carboxylic acids is 1. The van der Waals surface area contributed by atoms with E-state index >= 15 is 0 Å². The van der Waals surface area contributed by atoms with Gasteiger partial charge in [-0.1, -0.05) is 13.8 Å². The van der Waals surface area contributed by atoms with Crippen LogP contribution in [0.5, 0.6) is 0 Å². The first-order valence-corrected chi connectivity index (χ1v) is 6.63. The van der Waals surface area contributed by atoms with Crippen molar-refractivity contribution in [3.8, 4) is 0 Å². The van der Waals surface area contributed by atoms with Crippen LogP contribution in [0.4, 0.5) is 0 Å². The zero-order chi connectivity index (χ0) is 15.3. The van der Waals surface area contributed by atoms with Crippen LogP contribution < -0.4 is 0 Å². The molecule has 6 heteroatoms. The van der Waals surface area contributed by atoms with Crippen LogP contribution in [0.2, 0.25) is 0 Å². The van der Waals surface area contributed by atoms with Gasteiger partial charge in [-0.15, -0.1) is 0 Å². The maximum atomic E-state index is 12.4. The predicted molar refractivity (Wildman–Crippen MR) is 74.7 cm³/mol. The lowest BCUT2D eigenvalue weighted by atomic mass is 10.0. The average Bonchev–Trinajstić information content (AvgIpc) is 2.37. The molecule has 1 rings (SSSR count). The van der Waals surface area contributed by atoms with Crippen LogP contribution in [0.3, 0.4) is 0 Å². The summed E-state index contributed by atoms with van der Waals surface area (Å²) >= 11 is 0. The van der Waals surface area contributed by atoms with Gasteiger partial charge in [-0.2, -0.15) is 0 Å².